The lowest BCUT2D eigenvalue weighted by Crippen LogP contribution is -2.12. The van der Waals surface area contributed by atoms with Gasteiger partial charge in [-0.15, -0.1) is 5.10 Å². The van der Waals surface area contributed by atoms with Gasteiger partial charge < -0.3 is 5.11 Å². The summed E-state index contributed by atoms with van der Waals surface area (Å²) in [6, 6.07) is 5.60. The molecule has 0 unspecified atom stereocenters. The van der Waals surface area contributed by atoms with E-state index in [4.69, 9.17) is 0 Å². The van der Waals surface area contributed by atoms with E-state index >= 15 is 0 Å². The second kappa shape index (κ2) is 5.07. The van der Waals surface area contributed by atoms with Crippen molar-refractivity contribution in [2.24, 2.45) is 7.05 Å². The van der Waals surface area contributed by atoms with Crippen molar-refractivity contribution in [2.45, 2.75) is 16.7 Å². The quantitative estimate of drug-likeness (QED) is 0.900. The number of hydrogen-bond acceptors (Lipinski definition) is 4. The number of nitrogens with zero attached hydrogens (tertiary/aromatic N) is 2. The van der Waals surface area contributed by atoms with Gasteiger partial charge in [-0.25, -0.2) is 9.89 Å². The minimum atomic E-state index is -0.254. The molecule has 1 heterocycles. The molecule has 0 amide bonds. The molecule has 90 valence electrons. The highest BCUT2D eigenvalue weighted by Crippen LogP contribution is 2.30. The minimum absolute atomic E-state index is 0.0554. The van der Waals surface area contributed by atoms with Crippen LogP contribution in [0.25, 0.3) is 0 Å². The van der Waals surface area contributed by atoms with Crippen LogP contribution >= 0.6 is 27.7 Å². The minimum Gasteiger partial charge on any atom is -0.392 e. The summed E-state index contributed by atoms with van der Waals surface area (Å²) < 4.78 is 2.33. The van der Waals surface area contributed by atoms with Crippen LogP contribution < -0.4 is 5.69 Å². The highest BCUT2D eigenvalue weighted by molar-refractivity contribution is 9.10. The SMILES string of the molecule is Cn1c(Sc2ccc(Br)cc2CO)n[nH]c1=O. The van der Waals surface area contributed by atoms with Crippen LogP contribution in [0, 0.1) is 0 Å². The molecule has 0 saturated carbocycles. The summed E-state index contributed by atoms with van der Waals surface area (Å²) in [5, 5.41) is 16.1. The van der Waals surface area contributed by atoms with Crippen LogP contribution in [-0.4, -0.2) is 19.9 Å². The Hall–Kier alpha value is -1.05. The van der Waals surface area contributed by atoms with Crippen LogP contribution in [0.15, 0.2) is 37.5 Å². The predicted octanol–water partition coefficient (Wildman–Crippen LogP) is 1.51. The summed E-state index contributed by atoms with van der Waals surface area (Å²) in [7, 11) is 1.64. The number of aromatic nitrogens is 3. The number of aliphatic hydroxyl groups excluding tert-OH is 1. The van der Waals surface area contributed by atoms with Gasteiger partial charge >= 0.3 is 5.69 Å². The van der Waals surface area contributed by atoms with E-state index in [2.05, 4.69) is 26.1 Å². The molecule has 0 fully saturated rings. The fourth-order valence-corrected chi connectivity index (χ4v) is 2.60. The Bertz CT molecular complexity index is 593. The van der Waals surface area contributed by atoms with Gasteiger partial charge in [0.2, 0.25) is 0 Å². The fourth-order valence-electron chi connectivity index (χ4n) is 1.29. The van der Waals surface area contributed by atoms with Crippen molar-refractivity contribution in [3.8, 4) is 0 Å². The monoisotopic (exact) mass is 315 g/mol. The molecular formula is C10H10BrN3O2S. The number of nitrogens with one attached hydrogen (secondary N) is 1. The van der Waals surface area contributed by atoms with Crippen molar-refractivity contribution in [1.29, 1.82) is 0 Å². The Morgan fingerprint density at radius 3 is 2.94 bits per heavy atom. The van der Waals surface area contributed by atoms with Gasteiger partial charge in [-0.1, -0.05) is 15.9 Å². The van der Waals surface area contributed by atoms with Crippen molar-refractivity contribution in [3.63, 3.8) is 0 Å². The van der Waals surface area contributed by atoms with Gasteiger partial charge in [0.1, 0.15) is 0 Å². The maximum atomic E-state index is 11.2. The molecule has 2 N–H and O–H groups in total. The Kier molecular flexibility index (Phi) is 3.70. The van der Waals surface area contributed by atoms with E-state index in [-0.39, 0.29) is 12.3 Å². The van der Waals surface area contributed by atoms with Gasteiger partial charge in [0.05, 0.1) is 6.61 Å². The molecule has 0 aliphatic heterocycles. The van der Waals surface area contributed by atoms with Crippen LogP contribution in [0.2, 0.25) is 0 Å². The summed E-state index contributed by atoms with van der Waals surface area (Å²) in [5.74, 6) is 0. The molecule has 2 aromatic rings. The zero-order valence-corrected chi connectivity index (χ0v) is 11.4. The Morgan fingerprint density at radius 1 is 1.59 bits per heavy atom. The van der Waals surface area contributed by atoms with E-state index in [9.17, 15) is 9.90 Å². The number of hydrogen-bond donors (Lipinski definition) is 2. The second-order valence-corrected chi connectivity index (χ2v) is 5.31. The molecule has 5 nitrogen and oxygen atoms in total. The summed E-state index contributed by atoms with van der Waals surface area (Å²) in [4.78, 5) is 12.1. The number of aliphatic hydroxyl groups is 1. The molecule has 0 aliphatic rings. The van der Waals surface area contributed by atoms with E-state index < -0.39 is 0 Å². The highest BCUT2D eigenvalue weighted by atomic mass is 79.9. The molecule has 0 spiro atoms. The third kappa shape index (κ3) is 2.62. The molecule has 0 bridgehead atoms. The van der Waals surface area contributed by atoms with Gasteiger partial charge in [0, 0.05) is 16.4 Å². The maximum absolute atomic E-state index is 11.2. The van der Waals surface area contributed by atoms with E-state index in [0.29, 0.717) is 5.16 Å². The van der Waals surface area contributed by atoms with Crippen LogP contribution in [0.3, 0.4) is 0 Å². The Labute approximate surface area is 110 Å². The molecule has 0 atom stereocenters. The third-order valence-electron chi connectivity index (χ3n) is 2.23. The van der Waals surface area contributed by atoms with E-state index in [1.807, 2.05) is 18.2 Å². The van der Waals surface area contributed by atoms with Gasteiger partial charge in [-0.05, 0) is 35.5 Å². The van der Waals surface area contributed by atoms with E-state index in [1.54, 1.807) is 7.05 Å². The van der Waals surface area contributed by atoms with Crippen molar-refractivity contribution in [2.75, 3.05) is 0 Å². The second-order valence-electron chi connectivity index (χ2n) is 3.38. The molecule has 7 heteroatoms. The van der Waals surface area contributed by atoms with Crippen LogP contribution in [0.1, 0.15) is 5.56 Å². The van der Waals surface area contributed by atoms with Crippen molar-refractivity contribution in [3.05, 3.63) is 38.7 Å². The Morgan fingerprint density at radius 2 is 2.35 bits per heavy atom. The first-order valence-corrected chi connectivity index (χ1v) is 6.41. The first kappa shape index (κ1) is 12.4. The number of H-pyrrole nitrogens is 1. The van der Waals surface area contributed by atoms with Gasteiger partial charge in [-0.3, -0.25) is 4.57 Å². The van der Waals surface area contributed by atoms with Gasteiger partial charge in [0.15, 0.2) is 5.16 Å². The summed E-state index contributed by atoms with van der Waals surface area (Å²) in [6.45, 7) is -0.0554. The standard InChI is InChI=1S/C10H10BrN3O2S/c1-14-9(16)12-13-10(14)17-8-3-2-7(11)4-6(8)5-15/h2-4,15H,5H2,1H3,(H,12,16). The summed E-state index contributed by atoms with van der Waals surface area (Å²) in [5.41, 5.74) is 0.537. The number of benzene rings is 1. The van der Waals surface area contributed by atoms with Crippen LogP contribution in [0.4, 0.5) is 0 Å². The topological polar surface area (TPSA) is 70.9 Å². The molecule has 17 heavy (non-hydrogen) atoms. The largest absolute Gasteiger partial charge is 0.392 e. The predicted molar refractivity (Wildman–Crippen MR) is 68.0 cm³/mol. The van der Waals surface area contributed by atoms with Crippen molar-refractivity contribution < 1.29 is 5.11 Å². The summed E-state index contributed by atoms with van der Waals surface area (Å²) in [6.07, 6.45) is 0. The normalized spacial score (nSPS) is 10.8. The Balaban J connectivity index is 2.36. The van der Waals surface area contributed by atoms with E-state index in [0.717, 1.165) is 14.9 Å². The van der Waals surface area contributed by atoms with Crippen molar-refractivity contribution in [1.82, 2.24) is 14.8 Å². The lowest BCUT2D eigenvalue weighted by molar-refractivity contribution is 0.279. The lowest BCUT2D eigenvalue weighted by Gasteiger charge is -2.06. The molecule has 1 aromatic heterocycles. The van der Waals surface area contributed by atoms with Crippen LogP contribution in [-0.2, 0) is 13.7 Å². The first-order valence-electron chi connectivity index (χ1n) is 4.80. The molecule has 1 aromatic carbocycles. The molecule has 0 aliphatic carbocycles. The molecular weight excluding hydrogens is 306 g/mol. The van der Waals surface area contributed by atoms with Gasteiger partial charge in [-0.2, -0.15) is 0 Å². The smallest absolute Gasteiger partial charge is 0.343 e. The number of halogens is 1. The first-order chi connectivity index (χ1) is 8.11. The lowest BCUT2D eigenvalue weighted by atomic mass is 10.2. The van der Waals surface area contributed by atoms with Crippen LogP contribution in [0.5, 0.6) is 0 Å². The van der Waals surface area contributed by atoms with Gasteiger partial charge in [0.25, 0.3) is 0 Å². The summed E-state index contributed by atoms with van der Waals surface area (Å²) >= 11 is 4.68. The zero-order chi connectivity index (χ0) is 12.4. The highest BCUT2D eigenvalue weighted by Gasteiger charge is 2.09. The molecule has 2 rings (SSSR count). The third-order valence-corrected chi connectivity index (χ3v) is 3.89. The average Bonchev–Trinajstić information content (AvgIpc) is 2.63. The zero-order valence-electron chi connectivity index (χ0n) is 8.98. The maximum Gasteiger partial charge on any atom is 0.343 e. The van der Waals surface area contributed by atoms with Crippen molar-refractivity contribution >= 4 is 27.7 Å². The average molecular weight is 316 g/mol. The fraction of sp³-hybridized carbons (Fsp3) is 0.200. The molecule has 0 radical (unpaired) electrons. The molecule has 0 saturated heterocycles. The number of rotatable bonds is 3. The van der Waals surface area contributed by atoms with E-state index in [1.165, 1.54) is 16.3 Å². The number of aromatic amines is 1.